The molecule has 0 aliphatic carbocycles. The number of hydrogen-bond acceptors (Lipinski definition) is 6. The van der Waals surface area contributed by atoms with Gasteiger partial charge in [-0.05, 0) is 0 Å². The normalized spacial score (nSPS) is 40.2. The molecular formula is C11H21AsO5S. The van der Waals surface area contributed by atoms with Gasteiger partial charge in [-0.1, -0.05) is 0 Å². The van der Waals surface area contributed by atoms with Gasteiger partial charge >= 0.3 is 115 Å². The van der Waals surface area contributed by atoms with Gasteiger partial charge in [0.25, 0.3) is 0 Å². The predicted octanol–water partition coefficient (Wildman–Crippen LogP) is 0.569. The van der Waals surface area contributed by atoms with Crippen molar-refractivity contribution in [3.8, 4) is 0 Å². The van der Waals surface area contributed by atoms with Crippen LogP contribution in [0, 0.1) is 0 Å². The number of aliphatic hydroxyl groups excluding tert-OH is 2. The minimum atomic E-state index is -0.966. The van der Waals surface area contributed by atoms with Gasteiger partial charge in [0.05, 0.1) is 0 Å². The van der Waals surface area contributed by atoms with Crippen molar-refractivity contribution < 1.29 is 24.4 Å². The Hall–Kier alpha value is 0.708. The average Bonchev–Trinajstić information content (AvgIpc) is 2.70. The van der Waals surface area contributed by atoms with Gasteiger partial charge in [0.15, 0.2) is 0 Å². The van der Waals surface area contributed by atoms with E-state index in [4.69, 9.17) is 14.2 Å². The van der Waals surface area contributed by atoms with Crippen molar-refractivity contribution in [3.63, 3.8) is 0 Å². The molecule has 5 nitrogen and oxygen atoms in total. The van der Waals surface area contributed by atoms with Crippen LogP contribution in [0.15, 0.2) is 0 Å². The van der Waals surface area contributed by atoms with Crippen molar-refractivity contribution >= 4 is 23.5 Å². The maximum absolute atomic E-state index is 10.3. The Balaban J connectivity index is 2.02. The summed E-state index contributed by atoms with van der Waals surface area (Å²) in [7, 11) is 1.74. The molecule has 0 saturated carbocycles. The van der Waals surface area contributed by atoms with E-state index in [1.807, 2.05) is 0 Å². The van der Waals surface area contributed by atoms with Gasteiger partial charge in [-0.15, -0.1) is 0 Å². The molecule has 0 spiro atoms. The molecule has 0 bridgehead atoms. The van der Waals surface area contributed by atoms with E-state index < -0.39 is 43.9 Å². The van der Waals surface area contributed by atoms with Crippen molar-refractivity contribution in [1.82, 2.24) is 0 Å². The van der Waals surface area contributed by atoms with Crippen molar-refractivity contribution in [2.24, 2.45) is 0 Å². The van der Waals surface area contributed by atoms with Gasteiger partial charge in [0, 0.05) is 0 Å². The second-order valence-corrected chi connectivity index (χ2v) is 14.5. The molecule has 0 aromatic carbocycles. The van der Waals surface area contributed by atoms with Crippen LogP contribution in [0.2, 0.25) is 11.4 Å². The molecule has 2 N–H and O–H groups in total. The van der Waals surface area contributed by atoms with E-state index in [-0.39, 0.29) is 11.9 Å². The van der Waals surface area contributed by atoms with Gasteiger partial charge < -0.3 is 0 Å². The summed E-state index contributed by atoms with van der Waals surface area (Å²) in [5.41, 5.74) is 4.39. The summed E-state index contributed by atoms with van der Waals surface area (Å²) in [4.78, 5) is 0. The summed E-state index contributed by atoms with van der Waals surface area (Å²) in [5.74, 6) is -0.712. The zero-order valence-corrected chi connectivity index (χ0v) is 13.8. The fourth-order valence-electron chi connectivity index (χ4n) is 2.29. The molecule has 2 saturated heterocycles. The van der Waals surface area contributed by atoms with Crippen molar-refractivity contribution in [2.75, 3.05) is 6.61 Å². The van der Waals surface area contributed by atoms with Crippen LogP contribution in [0.1, 0.15) is 13.8 Å². The third-order valence-electron chi connectivity index (χ3n) is 2.95. The molecule has 106 valence electrons. The Morgan fingerprint density at radius 1 is 1.33 bits per heavy atom. The van der Waals surface area contributed by atoms with E-state index >= 15 is 0 Å². The van der Waals surface area contributed by atoms with Crippen LogP contribution in [0.25, 0.3) is 0 Å². The molecule has 5 atom stereocenters. The van der Waals surface area contributed by atoms with E-state index in [9.17, 15) is 10.2 Å². The van der Waals surface area contributed by atoms with Crippen molar-refractivity contribution in [3.05, 3.63) is 0 Å². The van der Waals surface area contributed by atoms with Gasteiger partial charge in [0.1, 0.15) is 0 Å². The zero-order valence-electron chi connectivity index (χ0n) is 11.1. The summed E-state index contributed by atoms with van der Waals surface area (Å²) < 4.78 is 17.0. The van der Waals surface area contributed by atoms with Crippen LogP contribution in [0.3, 0.4) is 0 Å². The van der Waals surface area contributed by atoms with Crippen LogP contribution in [0.4, 0.5) is 0 Å². The molecule has 2 aliphatic heterocycles. The topological polar surface area (TPSA) is 68.2 Å². The Kier molecular flexibility index (Phi) is 4.70. The summed E-state index contributed by atoms with van der Waals surface area (Å²) in [5, 5.41) is 19.6. The molecule has 2 aliphatic rings. The Morgan fingerprint density at radius 3 is 2.50 bits per heavy atom. The van der Waals surface area contributed by atoms with Crippen LogP contribution in [-0.2, 0) is 14.2 Å². The molecule has 2 rings (SSSR count). The standard InChI is InChI=1S/C11H21AsO5S/c1-11(2)16-9-7(14)8(15-10(9)17-11)6(5-13)18-12(3)4/h6-10,13-14H,5H2,1-4H3/t6-,7+,8-,9-,10-/m1/s1. The quantitative estimate of drug-likeness (QED) is 0.730. The number of hydrogen-bond donors (Lipinski definition) is 2. The minimum absolute atomic E-state index is 0.00214. The fourth-order valence-corrected chi connectivity index (χ4v) is 7.83. The predicted molar refractivity (Wildman–Crippen MR) is 70.7 cm³/mol. The molecule has 0 aromatic heterocycles. The second kappa shape index (κ2) is 5.60. The van der Waals surface area contributed by atoms with Crippen LogP contribution in [-0.4, -0.2) is 66.0 Å². The van der Waals surface area contributed by atoms with Gasteiger partial charge in [-0.3, -0.25) is 0 Å². The van der Waals surface area contributed by atoms with E-state index in [1.165, 1.54) is 0 Å². The van der Waals surface area contributed by atoms with Crippen LogP contribution < -0.4 is 0 Å². The first kappa shape index (κ1) is 15.1. The van der Waals surface area contributed by atoms with Crippen LogP contribution in [0.5, 0.6) is 0 Å². The number of aliphatic hydroxyl groups is 2. The third-order valence-corrected chi connectivity index (χ3v) is 8.41. The fraction of sp³-hybridized carbons (Fsp3) is 1.00. The molecule has 0 radical (unpaired) electrons. The molecule has 7 heteroatoms. The maximum atomic E-state index is 10.3. The first-order valence-corrected chi connectivity index (χ1v) is 12.9. The number of ether oxygens (including phenoxy) is 3. The first-order valence-electron chi connectivity index (χ1n) is 5.98. The second-order valence-electron chi connectivity index (χ2n) is 5.20. The Labute approximate surface area is 115 Å². The molecular weight excluding hydrogens is 319 g/mol. The number of fused-ring (bicyclic) bond motifs is 1. The molecule has 2 heterocycles. The van der Waals surface area contributed by atoms with E-state index in [1.54, 1.807) is 23.9 Å². The van der Waals surface area contributed by atoms with Gasteiger partial charge in [0.2, 0.25) is 0 Å². The first-order chi connectivity index (χ1) is 8.34. The molecule has 0 aromatic rings. The molecule has 18 heavy (non-hydrogen) atoms. The van der Waals surface area contributed by atoms with Crippen molar-refractivity contribution in [2.45, 2.75) is 60.9 Å². The van der Waals surface area contributed by atoms with Gasteiger partial charge in [-0.2, -0.15) is 0 Å². The molecule has 0 unspecified atom stereocenters. The summed E-state index contributed by atoms with van der Waals surface area (Å²) >= 11 is -0.966. The van der Waals surface area contributed by atoms with Gasteiger partial charge in [-0.25, -0.2) is 0 Å². The SMILES string of the molecule is C[As](C)S[C@H](CO)[C@H]1O[C@@H]2OC(C)(C)O[C@@H]2[C@H]1O. The Bertz CT molecular complexity index is 301. The van der Waals surface area contributed by atoms with Crippen molar-refractivity contribution in [1.29, 1.82) is 0 Å². The van der Waals surface area contributed by atoms with Crippen LogP contribution >= 0.6 is 10.0 Å². The van der Waals surface area contributed by atoms with E-state index in [0.717, 1.165) is 0 Å². The monoisotopic (exact) mass is 340 g/mol. The van der Waals surface area contributed by atoms with E-state index in [0.29, 0.717) is 0 Å². The molecule has 0 amide bonds. The Morgan fingerprint density at radius 2 is 2.00 bits per heavy atom. The summed E-state index contributed by atoms with van der Waals surface area (Å²) in [6, 6.07) is 0. The molecule has 2 fully saturated rings. The zero-order chi connectivity index (χ0) is 13.5. The van der Waals surface area contributed by atoms with E-state index in [2.05, 4.69) is 11.4 Å². The number of rotatable bonds is 4. The summed E-state index contributed by atoms with van der Waals surface area (Å²) in [6.45, 7) is 3.61. The average molecular weight is 340 g/mol. The third kappa shape index (κ3) is 3.06. The summed E-state index contributed by atoms with van der Waals surface area (Å²) in [6.07, 6.45) is -2.13.